The summed E-state index contributed by atoms with van der Waals surface area (Å²) in [6, 6.07) is 4.87. The van der Waals surface area contributed by atoms with Gasteiger partial charge in [0.05, 0.1) is 18.5 Å². The summed E-state index contributed by atoms with van der Waals surface area (Å²) >= 11 is 0. The van der Waals surface area contributed by atoms with E-state index in [1.54, 1.807) is 32.0 Å². The molecule has 0 radical (unpaired) electrons. The van der Waals surface area contributed by atoms with Crippen LogP contribution in [0.4, 0.5) is 0 Å². The number of hydrogen-bond acceptors (Lipinski definition) is 8. The van der Waals surface area contributed by atoms with E-state index in [9.17, 15) is 18.0 Å². The zero-order chi connectivity index (χ0) is 19.8. The SMILES string of the molecule is CCOC(=O)C1(C(=O)OCC)[C@H](c2ccc3c(c2)OCO3)[C@H]1S(=O)(=O)CC. The summed E-state index contributed by atoms with van der Waals surface area (Å²) in [5.41, 5.74) is -1.42. The van der Waals surface area contributed by atoms with Crippen LogP contribution in [0.1, 0.15) is 32.3 Å². The zero-order valence-corrected chi connectivity index (χ0v) is 16.2. The number of rotatable bonds is 7. The quantitative estimate of drug-likeness (QED) is 0.502. The predicted molar refractivity (Wildman–Crippen MR) is 94.3 cm³/mol. The Balaban J connectivity index is 2.13. The maximum Gasteiger partial charge on any atom is 0.325 e. The summed E-state index contributed by atoms with van der Waals surface area (Å²) in [5.74, 6) is -1.92. The van der Waals surface area contributed by atoms with E-state index in [-0.39, 0.29) is 25.8 Å². The Morgan fingerprint density at radius 2 is 1.67 bits per heavy atom. The number of hydrogen-bond donors (Lipinski definition) is 0. The molecule has 1 saturated carbocycles. The Kier molecular flexibility index (Phi) is 5.07. The lowest BCUT2D eigenvalue weighted by Crippen LogP contribution is -2.36. The second kappa shape index (κ2) is 7.03. The molecule has 0 bridgehead atoms. The van der Waals surface area contributed by atoms with Gasteiger partial charge in [-0.1, -0.05) is 13.0 Å². The molecule has 1 aliphatic heterocycles. The Labute approximate surface area is 157 Å². The van der Waals surface area contributed by atoms with E-state index in [4.69, 9.17) is 18.9 Å². The average Bonchev–Trinajstić information content (AvgIpc) is 3.17. The molecule has 27 heavy (non-hydrogen) atoms. The molecule has 2 aliphatic rings. The van der Waals surface area contributed by atoms with Crippen LogP contribution >= 0.6 is 0 Å². The standard InChI is InChI=1S/C18H22O8S/c1-4-23-16(19)18(17(20)24-5-2)14(15(18)27(21,22)6-3)11-7-8-12-13(9-11)26-10-25-12/h7-9,14-15H,4-6,10H2,1-3H3/t14-,15-/m1/s1. The molecule has 3 rings (SSSR count). The molecule has 2 atom stereocenters. The van der Waals surface area contributed by atoms with E-state index in [0.29, 0.717) is 17.1 Å². The van der Waals surface area contributed by atoms with Crippen molar-refractivity contribution in [3.05, 3.63) is 23.8 Å². The fourth-order valence-corrected chi connectivity index (χ4v) is 5.61. The third-order valence-electron chi connectivity index (χ3n) is 4.90. The maximum absolute atomic E-state index is 12.8. The molecule has 0 amide bonds. The van der Waals surface area contributed by atoms with E-state index < -0.39 is 38.4 Å². The molecule has 9 heteroatoms. The fraction of sp³-hybridized carbons (Fsp3) is 0.556. The zero-order valence-electron chi connectivity index (χ0n) is 15.4. The van der Waals surface area contributed by atoms with Gasteiger partial charge in [-0.25, -0.2) is 8.42 Å². The first-order chi connectivity index (χ1) is 12.8. The average molecular weight is 398 g/mol. The molecular weight excluding hydrogens is 376 g/mol. The van der Waals surface area contributed by atoms with Crippen molar-refractivity contribution in [1.82, 2.24) is 0 Å². The number of benzene rings is 1. The Hall–Kier alpha value is -2.29. The summed E-state index contributed by atoms with van der Waals surface area (Å²) in [6.07, 6.45) is 0. The Bertz CT molecular complexity index is 842. The summed E-state index contributed by atoms with van der Waals surface area (Å²) in [4.78, 5) is 25.6. The highest BCUT2D eigenvalue weighted by atomic mass is 32.2. The van der Waals surface area contributed by atoms with Gasteiger partial charge in [-0.3, -0.25) is 9.59 Å². The van der Waals surface area contributed by atoms with Crippen LogP contribution < -0.4 is 9.47 Å². The van der Waals surface area contributed by atoms with Gasteiger partial charge < -0.3 is 18.9 Å². The van der Waals surface area contributed by atoms with Crippen molar-refractivity contribution in [1.29, 1.82) is 0 Å². The van der Waals surface area contributed by atoms with Gasteiger partial charge in [-0.05, 0) is 31.5 Å². The lowest BCUT2D eigenvalue weighted by molar-refractivity contribution is -0.164. The number of carbonyl (C=O) groups is 2. The van der Waals surface area contributed by atoms with Crippen LogP contribution in [0.3, 0.4) is 0 Å². The van der Waals surface area contributed by atoms with Crippen LogP contribution in [0.5, 0.6) is 11.5 Å². The van der Waals surface area contributed by atoms with Crippen LogP contribution in [0.15, 0.2) is 18.2 Å². The van der Waals surface area contributed by atoms with Crippen molar-refractivity contribution >= 4 is 21.8 Å². The van der Waals surface area contributed by atoms with Gasteiger partial charge >= 0.3 is 11.9 Å². The van der Waals surface area contributed by atoms with E-state index in [1.807, 2.05) is 0 Å². The van der Waals surface area contributed by atoms with E-state index in [0.717, 1.165) is 0 Å². The molecule has 0 spiro atoms. The molecule has 1 aliphatic carbocycles. The van der Waals surface area contributed by atoms with Gasteiger partial charge in [0.1, 0.15) is 0 Å². The van der Waals surface area contributed by atoms with Crippen LogP contribution in [0.25, 0.3) is 0 Å². The molecular formula is C18H22O8S. The minimum Gasteiger partial charge on any atom is -0.465 e. The number of esters is 2. The van der Waals surface area contributed by atoms with Crippen molar-refractivity contribution in [2.75, 3.05) is 25.8 Å². The lowest BCUT2D eigenvalue weighted by atomic mass is 9.98. The predicted octanol–water partition coefficient (Wildman–Crippen LogP) is 1.43. The molecule has 0 saturated heterocycles. The molecule has 148 valence electrons. The van der Waals surface area contributed by atoms with E-state index in [1.165, 1.54) is 6.92 Å². The fourth-order valence-electron chi connectivity index (χ4n) is 3.64. The minimum absolute atomic E-state index is 0.0206. The van der Waals surface area contributed by atoms with Gasteiger partial charge in [0.2, 0.25) is 6.79 Å². The van der Waals surface area contributed by atoms with Crippen molar-refractivity contribution in [3.8, 4) is 11.5 Å². The smallest absolute Gasteiger partial charge is 0.325 e. The summed E-state index contributed by atoms with van der Waals surface area (Å²) in [5, 5.41) is -1.24. The summed E-state index contributed by atoms with van der Waals surface area (Å²) < 4.78 is 46.3. The van der Waals surface area contributed by atoms with Crippen molar-refractivity contribution < 1.29 is 37.0 Å². The molecule has 0 aromatic heterocycles. The number of carbonyl (C=O) groups excluding carboxylic acids is 2. The van der Waals surface area contributed by atoms with Gasteiger partial charge in [0.15, 0.2) is 26.8 Å². The van der Waals surface area contributed by atoms with E-state index >= 15 is 0 Å². The monoisotopic (exact) mass is 398 g/mol. The second-order valence-electron chi connectivity index (χ2n) is 6.27. The summed E-state index contributed by atoms with van der Waals surface area (Å²) in [6.45, 7) is 4.77. The summed E-state index contributed by atoms with van der Waals surface area (Å²) in [7, 11) is -3.74. The Morgan fingerprint density at radius 3 is 2.22 bits per heavy atom. The number of fused-ring (bicyclic) bond motifs is 1. The maximum atomic E-state index is 12.8. The highest BCUT2D eigenvalue weighted by molar-refractivity contribution is 7.92. The number of sulfone groups is 1. The second-order valence-corrected chi connectivity index (χ2v) is 8.68. The molecule has 1 aromatic rings. The van der Waals surface area contributed by atoms with Gasteiger partial charge in [0, 0.05) is 11.7 Å². The highest BCUT2D eigenvalue weighted by Crippen LogP contribution is 2.65. The van der Waals surface area contributed by atoms with Crippen molar-refractivity contribution in [2.45, 2.75) is 31.9 Å². The normalized spacial score (nSPS) is 22.2. The lowest BCUT2D eigenvalue weighted by Gasteiger charge is -2.15. The molecule has 1 aromatic carbocycles. The molecule has 1 fully saturated rings. The molecule has 0 unspecified atom stereocenters. The molecule has 1 heterocycles. The molecule has 8 nitrogen and oxygen atoms in total. The third kappa shape index (κ3) is 2.93. The van der Waals surface area contributed by atoms with Crippen LogP contribution in [-0.2, 0) is 28.9 Å². The first-order valence-electron chi connectivity index (χ1n) is 8.80. The topological polar surface area (TPSA) is 105 Å². The largest absolute Gasteiger partial charge is 0.465 e. The Morgan fingerprint density at radius 1 is 1.07 bits per heavy atom. The highest BCUT2D eigenvalue weighted by Gasteiger charge is 2.81. The first-order valence-corrected chi connectivity index (χ1v) is 10.5. The van der Waals surface area contributed by atoms with Gasteiger partial charge in [0.25, 0.3) is 0 Å². The van der Waals surface area contributed by atoms with Gasteiger partial charge in [-0.15, -0.1) is 0 Å². The minimum atomic E-state index is -3.74. The van der Waals surface area contributed by atoms with Crippen molar-refractivity contribution in [2.24, 2.45) is 5.41 Å². The molecule has 0 N–H and O–H groups in total. The third-order valence-corrected chi connectivity index (χ3v) is 7.13. The van der Waals surface area contributed by atoms with Crippen LogP contribution in [0, 0.1) is 5.41 Å². The number of ether oxygens (including phenoxy) is 4. The first kappa shape index (κ1) is 19.5. The van der Waals surface area contributed by atoms with Crippen LogP contribution in [0.2, 0.25) is 0 Å². The van der Waals surface area contributed by atoms with Crippen LogP contribution in [-0.4, -0.2) is 51.4 Å². The van der Waals surface area contributed by atoms with Crippen molar-refractivity contribution in [3.63, 3.8) is 0 Å². The van der Waals surface area contributed by atoms with Gasteiger partial charge in [-0.2, -0.15) is 0 Å². The van der Waals surface area contributed by atoms with E-state index in [2.05, 4.69) is 0 Å².